The molecule has 0 bridgehead atoms. The van der Waals surface area contributed by atoms with Crippen LogP contribution < -0.4 is 5.32 Å². The maximum Gasteiger partial charge on any atom is 0.374 e. The van der Waals surface area contributed by atoms with Gasteiger partial charge in [-0.05, 0) is 31.9 Å². The third kappa shape index (κ3) is 4.86. The van der Waals surface area contributed by atoms with Crippen molar-refractivity contribution in [2.45, 2.75) is 24.9 Å². The fraction of sp³-hybridized carbons (Fsp3) is 0.647. The van der Waals surface area contributed by atoms with E-state index in [4.69, 9.17) is 9.15 Å². The number of furan rings is 1. The molecule has 3 heterocycles. The van der Waals surface area contributed by atoms with Gasteiger partial charge in [0.15, 0.2) is 0 Å². The van der Waals surface area contributed by atoms with Gasteiger partial charge in [-0.1, -0.05) is 0 Å². The molecule has 0 radical (unpaired) electrons. The molecule has 0 atom stereocenters. The lowest BCUT2D eigenvalue weighted by molar-refractivity contribution is -0.137. The van der Waals surface area contributed by atoms with E-state index in [0.29, 0.717) is 25.9 Å². The molecule has 9 nitrogen and oxygen atoms in total. The Bertz CT molecular complexity index is 783. The molecule has 1 aromatic heterocycles. The zero-order valence-corrected chi connectivity index (χ0v) is 17.4. The number of hydrogen-bond donors (Lipinski definition) is 1. The standard InChI is InChI=1S/C17H25N3O6S.ClH/c1-2-25-17(22)14-3-4-15(26-14)27(23,24)20-9-5-13(6-10-20)16(21)19-11-7-18-8-12-19;/h3-4,13,18H,2,5-12H2,1H3;1H. The highest BCUT2D eigenvalue weighted by atomic mass is 35.5. The number of piperazine rings is 1. The van der Waals surface area contributed by atoms with Crippen molar-refractivity contribution in [3.8, 4) is 0 Å². The summed E-state index contributed by atoms with van der Waals surface area (Å²) in [5, 5.41) is 2.93. The van der Waals surface area contributed by atoms with Crippen molar-refractivity contribution in [3.63, 3.8) is 0 Å². The fourth-order valence-electron chi connectivity index (χ4n) is 3.38. The number of amides is 1. The molecule has 0 saturated carbocycles. The monoisotopic (exact) mass is 435 g/mol. The first-order valence-corrected chi connectivity index (χ1v) is 10.6. The first-order valence-electron chi connectivity index (χ1n) is 9.20. The Hall–Kier alpha value is -1.62. The molecule has 2 aliphatic rings. The molecule has 0 aliphatic carbocycles. The summed E-state index contributed by atoms with van der Waals surface area (Å²) < 4.78 is 36.8. The largest absolute Gasteiger partial charge is 0.460 e. The third-order valence-corrected chi connectivity index (χ3v) is 6.66. The molecule has 1 aromatic rings. The van der Waals surface area contributed by atoms with Crippen LogP contribution in [0.4, 0.5) is 0 Å². The Labute approximate surface area is 170 Å². The van der Waals surface area contributed by atoms with E-state index in [2.05, 4.69) is 5.32 Å². The molecule has 158 valence electrons. The second-order valence-corrected chi connectivity index (χ2v) is 8.46. The molecule has 2 saturated heterocycles. The molecule has 2 aliphatic heterocycles. The highest BCUT2D eigenvalue weighted by molar-refractivity contribution is 7.89. The second kappa shape index (κ2) is 9.73. The van der Waals surface area contributed by atoms with Crippen molar-refractivity contribution < 1.29 is 27.2 Å². The Balaban J connectivity index is 0.00000280. The molecule has 0 unspecified atom stereocenters. The van der Waals surface area contributed by atoms with Crippen molar-refractivity contribution in [2.75, 3.05) is 45.9 Å². The normalized spacial score (nSPS) is 19.1. The summed E-state index contributed by atoms with van der Waals surface area (Å²) in [6.45, 7) is 5.31. The van der Waals surface area contributed by atoms with Gasteiger partial charge in [-0.3, -0.25) is 4.79 Å². The number of nitrogens with one attached hydrogen (secondary N) is 1. The van der Waals surface area contributed by atoms with Gasteiger partial charge in [-0.2, -0.15) is 4.31 Å². The molecule has 0 spiro atoms. The molecule has 1 N–H and O–H groups in total. The van der Waals surface area contributed by atoms with Gasteiger partial charge < -0.3 is 19.4 Å². The van der Waals surface area contributed by atoms with Crippen molar-refractivity contribution in [3.05, 3.63) is 17.9 Å². The van der Waals surface area contributed by atoms with E-state index in [9.17, 15) is 18.0 Å². The average molecular weight is 436 g/mol. The maximum atomic E-state index is 12.7. The summed E-state index contributed by atoms with van der Waals surface area (Å²) in [6.07, 6.45) is 0.959. The number of piperidine rings is 1. The minimum absolute atomic E-state index is 0. The lowest BCUT2D eigenvalue weighted by Crippen LogP contribution is -2.50. The molecule has 3 rings (SSSR count). The fourth-order valence-corrected chi connectivity index (χ4v) is 4.77. The van der Waals surface area contributed by atoms with Gasteiger partial charge in [-0.25, -0.2) is 13.2 Å². The van der Waals surface area contributed by atoms with E-state index in [1.165, 1.54) is 16.4 Å². The van der Waals surface area contributed by atoms with Gasteiger partial charge in [0.25, 0.3) is 10.0 Å². The molecule has 11 heteroatoms. The van der Waals surface area contributed by atoms with Crippen LogP contribution in [0.3, 0.4) is 0 Å². The molecule has 0 aromatic carbocycles. The number of ether oxygens (including phenoxy) is 1. The molecule has 1 amide bonds. The van der Waals surface area contributed by atoms with E-state index >= 15 is 0 Å². The van der Waals surface area contributed by atoms with Crippen molar-refractivity contribution in [1.29, 1.82) is 0 Å². The summed E-state index contributed by atoms with van der Waals surface area (Å²) in [5.74, 6) is -0.879. The summed E-state index contributed by atoms with van der Waals surface area (Å²) in [6, 6.07) is 2.56. The van der Waals surface area contributed by atoms with Gasteiger partial charge >= 0.3 is 5.97 Å². The molecule has 2 fully saturated rings. The van der Waals surface area contributed by atoms with Crippen molar-refractivity contribution in [1.82, 2.24) is 14.5 Å². The Morgan fingerprint density at radius 3 is 2.43 bits per heavy atom. The quantitative estimate of drug-likeness (QED) is 0.678. The topological polar surface area (TPSA) is 109 Å². The average Bonchev–Trinajstić information content (AvgIpc) is 3.20. The smallest absolute Gasteiger partial charge is 0.374 e. The Morgan fingerprint density at radius 1 is 1.18 bits per heavy atom. The lowest BCUT2D eigenvalue weighted by Gasteiger charge is -2.35. The first kappa shape index (κ1) is 22.7. The Kier molecular flexibility index (Phi) is 7.87. The SMILES string of the molecule is CCOC(=O)c1ccc(S(=O)(=O)N2CCC(C(=O)N3CCNCC3)CC2)o1.Cl. The van der Waals surface area contributed by atoms with Gasteiger partial charge in [0.1, 0.15) is 0 Å². The van der Waals surface area contributed by atoms with Gasteiger partial charge in [-0.15, -0.1) is 12.4 Å². The highest BCUT2D eigenvalue weighted by Crippen LogP contribution is 2.26. The van der Waals surface area contributed by atoms with E-state index in [-0.39, 0.29) is 54.8 Å². The third-order valence-electron chi connectivity index (χ3n) is 4.88. The van der Waals surface area contributed by atoms with Gasteiger partial charge in [0.05, 0.1) is 6.61 Å². The van der Waals surface area contributed by atoms with Gasteiger partial charge in [0.2, 0.25) is 16.8 Å². The van der Waals surface area contributed by atoms with Crippen LogP contribution in [-0.4, -0.2) is 75.4 Å². The number of nitrogens with zero attached hydrogens (tertiary/aromatic N) is 2. The number of esters is 1. The minimum atomic E-state index is -3.84. The number of rotatable bonds is 5. The number of halogens is 1. The zero-order chi connectivity index (χ0) is 19.4. The number of carbonyl (C=O) groups excluding carboxylic acids is 2. The van der Waals surface area contributed by atoms with Crippen LogP contribution in [0.5, 0.6) is 0 Å². The molecular weight excluding hydrogens is 410 g/mol. The molecule has 28 heavy (non-hydrogen) atoms. The summed E-state index contributed by atoms with van der Waals surface area (Å²) in [4.78, 5) is 26.1. The highest BCUT2D eigenvalue weighted by Gasteiger charge is 2.35. The predicted molar refractivity (Wildman–Crippen MR) is 103 cm³/mol. The van der Waals surface area contributed by atoms with Crippen LogP contribution >= 0.6 is 12.4 Å². The lowest BCUT2D eigenvalue weighted by atomic mass is 9.96. The van der Waals surface area contributed by atoms with E-state index in [1.807, 2.05) is 4.90 Å². The number of carbonyl (C=O) groups is 2. The van der Waals surface area contributed by atoms with E-state index in [0.717, 1.165) is 13.1 Å². The summed E-state index contributed by atoms with van der Waals surface area (Å²) >= 11 is 0. The van der Waals surface area contributed by atoms with Crippen LogP contribution in [0.1, 0.15) is 30.3 Å². The van der Waals surface area contributed by atoms with E-state index in [1.54, 1.807) is 6.92 Å². The van der Waals surface area contributed by atoms with Crippen LogP contribution in [-0.2, 0) is 19.6 Å². The summed E-state index contributed by atoms with van der Waals surface area (Å²) in [7, 11) is -3.84. The number of sulfonamides is 1. The van der Waals surface area contributed by atoms with Crippen molar-refractivity contribution >= 4 is 34.3 Å². The zero-order valence-electron chi connectivity index (χ0n) is 15.8. The Morgan fingerprint density at radius 2 is 1.82 bits per heavy atom. The van der Waals surface area contributed by atoms with E-state index < -0.39 is 16.0 Å². The molecular formula is C17H26ClN3O6S. The van der Waals surface area contributed by atoms with Crippen LogP contribution in [0.25, 0.3) is 0 Å². The summed E-state index contributed by atoms with van der Waals surface area (Å²) in [5.41, 5.74) is 0. The van der Waals surface area contributed by atoms with Gasteiger partial charge in [0, 0.05) is 45.2 Å². The first-order chi connectivity index (χ1) is 12.9. The van der Waals surface area contributed by atoms with Crippen LogP contribution in [0, 0.1) is 5.92 Å². The maximum absolute atomic E-state index is 12.7. The van der Waals surface area contributed by atoms with Crippen molar-refractivity contribution in [2.24, 2.45) is 5.92 Å². The van der Waals surface area contributed by atoms with Crippen LogP contribution in [0.15, 0.2) is 21.6 Å². The second-order valence-electron chi connectivity index (χ2n) is 6.59. The minimum Gasteiger partial charge on any atom is -0.460 e. The predicted octanol–water partition coefficient (Wildman–Crippen LogP) is 0.711. The number of hydrogen-bond acceptors (Lipinski definition) is 7. The van der Waals surface area contributed by atoms with Crippen LogP contribution in [0.2, 0.25) is 0 Å².